The fourth-order valence-electron chi connectivity index (χ4n) is 2.78. The van der Waals surface area contributed by atoms with Gasteiger partial charge in [0.15, 0.2) is 0 Å². The van der Waals surface area contributed by atoms with E-state index in [1.54, 1.807) is 43.5 Å². The third kappa shape index (κ3) is 3.58. The normalized spacial score (nSPS) is 10.8. The molecule has 2 N–H and O–H groups in total. The van der Waals surface area contributed by atoms with Gasteiger partial charge in [0.05, 0.1) is 27.4 Å². The van der Waals surface area contributed by atoms with Crippen molar-refractivity contribution in [3.05, 3.63) is 70.7 Å². The fourth-order valence-corrected chi connectivity index (χ4v) is 4.31. The lowest BCUT2D eigenvalue weighted by atomic mass is 10.1. The van der Waals surface area contributed by atoms with Crippen LogP contribution in [-0.2, 0) is 0 Å². The van der Waals surface area contributed by atoms with Gasteiger partial charge in [-0.05, 0) is 64.5 Å². The second-order valence-corrected chi connectivity index (χ2v) is 7.91. The van der Waals surface area contributed by atoms with Crippen LogP contribution in [0, 0.1) is 0 Å². The highest BCUT2D eigenvalue weighted by Crippen LogP contribution is 2.37. The molecule has 5 nitrogen and oxygen atoms in total. The third-order valence-electron chi connectivity index (χ3n) is 4.19. The lowest BCUT2D eigenvalue weighted by Crippen LogP contribution is -2.12. The lowest BCUT2D eigenvalue weighted by Gasteiger charge is -2.09. The number of para-hydroxylation sites is 1. The van der Waals surface area contributed by atoms with Crippen molar-refractivity contribution in [3.63, 3.8) is 0 Å². The second kappa shape index (κ2) is 7.61. The van der Waals surface area contributed by atoms with Gasteiger partial charge >= 0.3 is 0 Å². The van der Waals surface area contributed by atoms with Crippen molar-refractivity contribution in [1.29, 1.82) is 0 Å². The molecule has 1 amide bonds. The average molecular weight is 455 g/mol. The van der Waals surface area contributed by atoms with Gasteiger partial charge in [-0.2, -0.15) is 0 Å². The minimum Gasteiger partial charge on any atom is -0.507 e. The van der Waals surface area contributed by atoms with E-state index in [9.17, 15) is 9.90 Å². The van der Waals surface area contributed by atoms with Crippen molar-refractivity contribution in [2.45, 2.75) is 0 Å². The van der Waals surface area contributed by atoms with Gasteiger partial charge in [0.1, 0.15) is 16.5 Å². The molecule has 7 heteroatoms. The summed E-state index contributed by atoms with van der Waals surface area (Å²) in [5.41, 5.74) is 2.51. The van der Waals surface area contributed by atoms with Gasteiger partial charge in [0.2, 0.25) is 0 Å². The zero-order chi connectivity index (χ0) is 19.7. The van der Waals surface area contributed by atoms with E-state index in [-0.39, 0.29) is 11.7 Å². The Kier molecular flexibility index (Phi) is 5.02. The summed E-state index contributed by atoms with van der Waals surface area (Å²) >= 11 is 4.88. The van der Waals surface area contributed by atoms with Crippen LogP contribution in [0.4, 0.5) is 5.69 Å². The number of hydrogen-bond donors (Lipinski definition) is 2. The largest absolute Gasteiger partial charge is 0.507 e. The number of nitrogens with zero attached hydrogens (tertiary/aromatic N) is 1. The Balaban J connectivity index is 1.63. The molecule has 4 aromatic rings. The van der Waals surface area contributed by atoms with E-state index in [4.69, 9.17) is 4.74 Å². The Labute approximate surface area is 173 Å². The molecule has 0 spiro atoms. The summed E-state index contributed by atoms with van der Waals surface area (Å²) in [5, 5.41) is 13.8. The molecule has 0 aliphatic heterocycles. The van der Waals surface area contributed by atoms with E-state index in [1.807, 2.05) is 24.3 Å². The molecule has 3 aromatic carbocycles. The molecular weight excluding hydrogens is 440 g/mol. The number of hydrogen-bond acceptors (Lipinski definition) is 5. The van der Waals surface area contributed by atoms with E-state index >= 15 is 0 Å². The van der Waals surface area contributed by atoms with Crippen LogP contribution in [0.1, 0.15) is 10.4 Å². The highest BCUT2D eigenvalue weighted by atomic mass is 79.9. The number of anilines is 1. The number of phenols is 1. The number of rotatable bonds is 4. The molecular formula is C21H15BrN2O3S. The number of carbonyl (C=O) groups excluding carboxylic acids is 1. The van der Waals surface area contributed by atoms with Gasteiger partial charge in [0, 0.05) is 11.3 Å². The highest BCUT2D eigenvalue weighted by molar-refractivity contribution is 9.10. The second-order valence-electron chi connectivity index (χ2n) is 6.02. The van der Waals surface area contributed by atoms with Crippen molar-refractivity contribution in [2.75, 3.05) is 12.4 Å². The minimum atomic E-state index is -0.260. The first-order valence-corrected chi connectivity index (χ1v) is 10.00. The van der Waals surface area contributed by atoms with Gasteiger partial charge in [-0.1, -0.05) is 12.1 Å². The number of benzene rings is 3. The summed E-state index contributed by atoms with van der Waals surface area (Å²) in [4.78, 5) is 17.2. The molecule has 0 aliphatic carbocycles. The number of nitrogens with one attached hydrogen (secondary N) is 1. The molecule has 0 unspecified atom stereocenters. The molecule has 0 fully saturated rings. The van der Waals surface area contributed by atoms with Crippen molar-refractivity contribution in [3.8, 4) is 22.1 Å². The number of methoxy groups -OCH3 is 1. The predicted molar refractivity (Wildman–Crippen MR) is 115 cm³/mol. The van der Waals surface area contributed by atoms with Crippen molar-refractivity contribution in [2.24, 2.45) is 0 Å². The van der Waals surface area contributed by atoms with Gasteiger partial charge in [-0.3, -0.25) is 4.79 Å². The molecule has 0 bridgehead atoms. The number of aromatic nitrogens is 1. The molecule has 140 valence electrons. The summed E-state index contributed by atoms with van der Waals surface area (Å²) in [7, 11) is 1.57. The predicted octanol–water partition coefficient (Wildman–Crippen LogP) is 5.69. The number of aromatic hydroxyl groups is 1. The molecule has 0 radical (unpaired) electrons. The standard InChI is InChI=1S/C21H15BrN2O3S/c1-27-18-9-6-12(10-15(18)22)20(26)23-13-7-8-17(25)14(11-13)21-24-16-4-2-3-5-19(16)28-21/h2-11,25H,1H3,(H,23,26). The number of ether oxygens (including phenoxy) is 1. The van der Waals surface area contributed by atoms with Crippen LogP contribution >= 0.6 is 27.3 Å². The van der Waals surface area contributed by atoms with Crippen LogP contribution in [0.3, 0.4) is 0 Å². The van der Waals surface area contributed by atoms with E-state index in [0.717, 1.165) is 10.2 Å². The summed E-state index contributed by atoms with van der Waals surface area (Å²) < 4.78 is 6.92. The maximum atomic E-state index is 12.6. The van der Waals surface area contributed by atoms with Crippen LogP contribution in [0.2, 0.25) is 0 Å². The Morgan fingerprint density at radius 2 is 1.96 bits per heavy atom. The van der Waals surface area contributed by atoms with Crippen molar-refractivity contribution in [1.82, 2.24) is 4.98 Å². The topological polar surface area (TPSA) is 71.5 Å². The van der Waals surface area contributed by atoms with Crippen molar-refractivity contribution >= 4 is 49.1 Å². The smallest absolute Gasteiger partial charge is 0.255 e. The summed E-state index contributed by atoms with van der Waals surface area (Å²) in [5.74, 6) is 0.507. The molecule has 0 atom stereocenters. The van der Waals surface area contributed by atoms with Crippen molar-refractivity contribution < 1.29 is 14.6 Å². The Morgan fingerprint density at radius 1 is 1.14 bits per heavy atom. The number of amides is 1. The summed E-state index contributed by atoms with van der Waals surface area (Å²) in [6.07, 6.45) is 0. The van der Waals surface area contributed by atoms with E-state index < -0.39 is 0 Å². The highest BCUT2D eigenvalue weighted by Gasteiger charge is 2.14. The van der Waals surface area contributed by atoms with Gasteiger partial charge in [0.25, 0.3) is 5.91 Å². The monoisotopic (exact) mass is 454 g/mol. The maximum Gasteiger partial charge on any atom is 0.255 e. The molecule has 4 rings (SSSR count). The number of carbonyl (C=O) groups is 1. The molecule has 0 aliphatic rings. The molecule has 1 heterocycles. The minimum absolute atomic E-state index is 0.115. The number of thiazole rings is 1. The number of phenolic OH excluding ortho intramolecular Hbond substituents is 1. The SMILES string of the molecule is COc1ccc(C(=O)Nc2ccc(O)c(-c3nc4ccccc4s3)c2)cc1Br. The first kappa shape index (κ1) is 18.5. The van der Waals surface area contributed by atoms with Gasteiger partial charge in [-0.15, -0.1) is 11.3 Å². The molecule has 0 saturated carbocycles. The molecule has 1 aromatic heterocycles. The van der Waals surface area contributed by atoms with Gasteiger partial charge in [-0.25, -0.2) is 4.98 Å². The van der Waals surface area contributed by atoms with E-state index in [1.165, 1.54) is 11.3 Å². The Bertz CT molecular complexity index is 1160. The first-order valence-electron chi connectivity index (χ1n) is 8.39. The van der Waals surface area contributed by atoms with Gasteiger partial charge < -0.3 is 15.2 Å². The Hall–Kier alpha value is -2.90. The number of halogens is 1. The van der Waals surface area contributed by atoms with E-state index in [2.05, 4.69) is 26.2 Å². The van der Waals surface area contributed by atoms with Crippen LogP contribution < -0.4 is 10.1 Å². The molecule has 28 heavy (non-hydrogen) atoms. The number of fused-ring (bicyclic) bond motifs is 1. The fraction of sp³-hybridized carbons (Fsp3) is 0.0476. The zero-order valence-electron chi connectivity index (χ0n) is 14.8. The van der Waals surface area contributed by atoms with Crippen LogP contribution in [0.5, 0.6) is 11.5 Å². The summed E-state index contributed by atoms with van der Waals surface area (Å²) in [6, 6.07) is 17.8. The van der Waals surface area contributed by atoms with E-state index in [0.29, 0.717) is 32.0 Å². The van der Waals surface area contributed by atoms with Crippen LogP contribution in [-0.4, -0.2) is 23.1 Å². The molecule has 0 saturated heterocycles. The van der Waals surface area contributed by atoms with Crippen LogP contribution in [0.15, 0.2) is 65.1 Å². The maximum absolute atomic E-state index is 12.6. The zero-order valence-corrected chi connectivity index (χ0v) is 17.2. The van der Waals surface area contributed by atoms with Crippen LogP contribution in [0.25, 0.3) is 20.8 Å². The lowest BCUT2D eigenvalue weighted by molar-refractivity contribution is 0.102. The third-order valence-corrected chi connectivity index (χ3v) is 5.88. The summed E-state index contributed by atoms with van der Waals surface area (Å²) in [6.45, 7) is 0. The quantitative estimate of drug-likeness (QED) is 0.388. The first-order chi connectivity index (χ1) is 13.5. The Morgan fingerprint density at radius 3 is 2.71 bits per heavy atom. The average Bonchev–Trinajstić information content (AvgIpc) is 3.13.